The van der Waals surface area contributed by atoms with Crippen molar-refractivity contribution in [3.63, 3.8) is 0 Å². The average Bonchev–Trinajstić information content (AvgIpc) is 2.70. The topological polar surface area (TPSA) is 66.5 Å². The fourth-order valence-electron chi connectivity index (χ4n) is 2.44. The molecule has 0 atom stereocenters. The second-order valence-electron chi connectivity index (χ2n) is 6.26. The van der Waals surface area contributed by atoms with E-state index < -0.39 is 0 Å². The maximum Gasteiger partial charge on any atom is 0.319 e. The van der Waals surface area contributed by atoms with Crippen molar-refractivity contribution in [2.75, 3.05) is 24.3 Å². The Morgan fingerprint density at radius 1 is 1.04 bits per heavy atom. The Bertz CT molecular complexity index is 945. The minimum atomic E-state index is -0.341. The summed E-state index contributed by atoms with van der Waals surface area (Å²) < 4.78 is 5.85. The van der Waals surface area contributed by atoms with Crippen molar-refractivity contribution in [3.05, 3.63) is 77.4 Å². The third-order valence-corrected chi connectivity index (χ3v) is 4.22. The molecule has 1 aromatic heterocycles. The lowest BCUT2D eigenvalue weighted by Gasteiger charge is -2.14. The highest BCUT2D eigenvalue weighted by atomic mass is 35.5. The number of hydrogen-bond donors (Lipinski definition) is 2. The van der Waals surface area contributed by atoms with Crippen LogP contribution in [0, 0.1) is 0 Å². The van der Waals surface area contributed by atoms with Crippen LogP contribution in [-0.2, 0) is 6.54 Å². The van der Waals surface area contributed by atoms with Crippen molar-refractivity contribution in [2.45, 2.75) is 6.54 Å². The van der Waals surface area contributed by atoms with E-state index >= 15 is 0 Å². The number of urea groups is 1. The van der Waals surface area contributed by atoms with Crippen molar-refractivity contribution in [2.24, 2.45) is 0 Å². The second kappa shape index (κ2) is 9.10. The smallest absolute Gasteiger partial charge is 0.319 e. The van der Waals surface area contributed by atoms with Gasteiger partial charge in [0.15, 0.2) is 5.75 Å². The molecule has 0 saturated heterocycles. The van der Waals surface area contributed by atoms with Gasteiger partial charge in [0.2, 0.25) is 0 Å². The molecule has 0 saturated carbocycles. The first kappa shape index (κ1) is 19.5. The summed E-state index contributed by atoms with van der Waals surface area (Å²) in [4.78, 5) is 18.5. The van der Waals surface area contributed by atoms with Crippen molar-refractivity contribution >= 4 is 29.1 Å². The van der Waals surface area contributed by atoms with Gasteiger partial charge in [-0.25, -0.2) is 9.78 Å². The molecule has 6 nitrogen and oxygen atoms in total. The largest absolute Gasteiger partial charge is 0.454 e. The highest BCUT2D eigenvalue weighted by Gasteiger charge is 2.10. The Morgan fingerprint density at radius 2 is 1.75 bits per heavy atom. The van der Waals surface area contributed by atoms with Crippen LogP contribution in [0.1, 0.15) is 5.56 Å². The molecule has 28 heavy (non-hydrogen) atoms. The Balaban J connectivity index is 1.62. The summed E-state index contributed by atoms with van der Waals surface area (Å²) in [6.07, 6.45) is 1.74. The lowest BCUT2D eigenvalue weighted by atomic mass is 10.2. The number of amides is 2. The fourth-order valence-corrected chi connectivity index (χ4v) is 2.61. The summed E-state index contributed by atoms with van der Waals surface area (Å²) >= 11 is 6.15. The van der Waals surface area contributed by atoms with Crippen LogP contribution in [0.3, 0.4) is 0 Å². The SMILES string of the molecule is CN(C)c1ccc(CNC(=O)Nc2ccccc2Oc2ccccc2Cl)cn1. The van der Waals surface area contributed by atoms with Gasteiger partial charge in [-0.2, -0.15) is 0 Å². The van der Waals surface area contributed by atoms with Gasteiger partial charge in [0, 0.05) is 26.8 Å². The number of ether oxygens (including phenoxy) is 1. The molecule has 2 amide bonds. The van der Waals surface area contributed by atoms with E-state index in [0.29, 0.717) is 28.8 Å². The molecule has 7 heteroatoms. The molecule has 0 aliphatic heterocycles. The lowest BCUT2D eigenvalue weighted by molar-refractivity contribution is 0.251. The number of nitrogens with zero attached hydrogens (tertiary/aromatic N) is 2. The van der Waals surface area contributed by atoms with E-state index in [-0.39, 0.29) is 6.03 Å². The third-order valence-electron chi connectivity index (χ3n) is 3.91. The predicted molar refractivity (Wildman–Crippen MR) is 112 cm³/mol. The number of carbonyl (C=O) groups is 1. The van der Waals surface area contributed by atoms with Crippen LogP contribution in [0.25, 0.3) is 0 Å². The van der Waals surface area contributed by atoms with E-state index in [9.17, 15) is 4.79 Å². The van der Waals surface area contributed by atoms with Crippen molar-refractivity contribution in [3.8, 4) is 11.5 Å². The van der Waals surface area contributed by atoms with Crippen LogP contribution in [0.2, 0.25) is 5.02 Å². The van der Waals surface area contributed by atoms with E-state index in [1.165, 1.54) is 0 Å². The monoisotopic (exact) mass is 396 g/mol. The summed E-state index contributed by atoms with van der Waals surface area (Å²) in [5.74, 6) is 1.88. The van der Waals surface area contributed by atoms with Gasteiger partial charge in [0.05, 0.1) is 10.7 Å². The Morgan fingerprint density at radius 3 is 2.43 bits per heavy atom. The van der Waals surface area contributed by atoms with Gasteiger partial charge in [0.1, 0.15) is 11.6 Å². The number of rotatable bonds is 6. The summed E-state index contributed by atoms with van der Waals surface area (Å²) in [6, 6.07) is 17.8. The number of para-hydroxylation sites is 3. The standard InChI is InChI=1S/C21H21ClN4O2/c1-26(2)20-12-11-15(13-23-20)14-24-21(27)25-17-8-4-6-10-19(17)28-18-9-5-3-7-16(18)22/h3-13H,14H2,1-2H3,(H2,24,25,27). The van der Waals surface area contributed by atoms with Crippen LogP contribution in [0.4, 0.5) is 16.3 Å². The highest BCUT2D eigenvalue weighted by Crippen LogP contribution is 2.33. The van der Waals surface area contributed by atoms with Gasteiger partial charge in [-0.15, -0.1) is 0 Å². The van der Waals surface area contributed by atoms with E-state index in [0.717, 1.165) is 11.4 Å². The Hall–Kier alpha value is -3.25. The van der Waals surface area contributed by atoms with Crippen molar-refractivity contribution in [1.82, 2.24) is 10.3 Å². The fraction of sp³-hybridized carbons (Fsp3) is 0.143. The number of halogens is 1. The van der Waals surface area contributed by atoms with Crippen LogP contribution < -0.4 is 20.3 Å². The minimum absolute atomic E-state index is 0.341. The molecule has 0 fully saturated rings. The zero-order valence-electron chi connectivity index (χ0n) is 15.6. The number of aromatic nitrogens is 1. The van der Waals surface area contributed by atoms with Crippen LogP contribution in [0.5, 0.6) is 11.5 Å². The van der Waals surface area contributed by atoms with Crippen LogP contribution >= 0.6 is 11.6 Å². The molecule has 0 bridgehead atoms. The normalized spacial score (nSPS) is 10.2. The first-order valence-electron chi connectivity index (χ1n) is 8.71. The van der Waals surface area contributed by atoms with Crippen molar-refractivity contribution < 1.29 is 9.53 Å². The highest BCUT2D eigenvalue weighted by molar-refractivity contribution is 6.32. The summed E-state index contributed by atoms with van der Waals surface area (Å²) in [5, 5.41) is 6.11. The van der Waals surface area contributed by atoms with Gasteiger partial charge in [-0.3, -0.25) is 0 Å². The number of anilines is 2. The number of benzene rings is 2. The van der Waals surface area contributed by atoms with Crippen LogP contribution in [0.15, 0.2) is 66.9 Å². The maximum atomic E-state index is 12.3. The number of carbonyl (C=O) groups excluding carboxylic acids is 1. The average molecular weight is 397 g/mol. The third kappa shape index (κ3) is 5.14. The maximum absolute atomic E-state index is 12.3. The van der Waals surface area contributed by atoms with Gasteiger partial charge >= 0.3 is 6.03 Å². The molecule has 3 rings (SSSR count). The predicted octanol–water partition coefficient (Wildman–Crippen LogP) is 4.92. The van der Waals surface area contributed by atoms with Crippen LogP contribution in [-0.4, -0.2) is 25.1 Å². The molecule has 2 aromatic carbocycles. The number of pyridine rings is 1. The first-order valence-corrected chi connectivity index (χ1v) is 9.09. The quantitative estimate of drug-likeness (QED) is 0.621. The molecule has 2 N–H and O–H groups in total. The van der Waals surface area contributed by atoms with Gasteiger partial charge in [-0.1, -0.05) is 41.9 Å². The molecular formula is C21H21ClN4O2. The van der Waals surface area contributed by atoms with Gasteiger partial charge in [-0.05, 0) is 35.9 Å². The first-order chi connectivity index (χ1) is 13.5. The van der Waals surface area contributed by atoms with E-state index in [4.69, 9.17) is 16.3 Å². The minimum Gasteiger partial charge on any atom is -0.454 e. The zero-order valence-corrected chi connectivity index (χ0v) is 16.4. The Labute approximate surface area is 169 Å². The van der Waals surface area contributed by atoms with Gasteiger partial charge in [0.25, 0.3) is 0 Å². The number of hydrogen-bond acceptors (Lipinski definition) is 4. The molecule has 1 heterocycles. The number of nitrogens with one attached hydrogen (secondary N) is 2. The Kier molecular flexibility index (Phi) is 6.34. The second-order valence-corrected chi connectivity index (χ2v) is 6.66. The molecule has 0 unspecified atom stereocenters. The zero-order chi connectivity index (χ0) is 19.9. The van der Waals surface area contributed by atoms with E-state index in [1.807, 2.05) is 55.4 Å². The molecular weight excluding hydrogens is 376 g/mol. The molecule has 0 aliphatic rings. The van der Waals surface area contributed by atoms with E-state index in [1.54, 1.807) is 30.5 Å². The lowest BCUT2D eigenvalue weighted by Crippen LogP contribution is -2.28. The molecule has 3 aromatic rings. The summed E-state index contributed by atoms with van der Waals surface area (Å²) in [5.41, 5.74) is 1.45. The van der Waals surface area contributed by atoms with Crippen molar-refractivity contribution in [1.29, 1.82) is 0 Å². The van der Waals surface area contributed by atoms with Gasteiger partial charge < -0.3 is 20.3 Å². The van der Waals surface area contributed by atoms with E-state index in [2.05, 4.69) is 15.6 Å². The molecule has 0 aliphatic carbocycles. The molecule has 0 spiro atoms. The summed E-state index contributed by atoms with van der Waals surface area (Å²) in [6.45, 7) is 0.361. The summed E-state index contributed by atoms with van der Waals surface area (Å²) in [7, 11) is 3.85. The molecule has 144 valence electrons. The molecule has 0 radical (unpaired) electrons.